The van der Waals surface area contributed by atoms with Crippen molar-refractivity contribution < 1.29 is 14.3 Å². The number of ketones is 1. The zero-order valence-electron chi connectivity index (χ0n) is 19.0. The third-order valence-electron chi connectivity index (χ3n) is 7.05. The van der Waals surface area contributed by atoms with Gasteiger partial charge in [0.1, 0.15) is 11.4 Å². The lowest BCUT2D eigenvalue weighted by molar-refractivity contribution is -0.135. The number of aryl methyl sites for hydroxylation is 1. The molecule has 1 amide bonds. The van der Waals surface area contributed by atoms with Gasteiger partial charge in [0.15, 0.2) is 5.78 Å². The van der Waals surface area contributed by atoms with Gasteiger partial charge in [-0.05, 0) is 30.2 Å². The molecule has 0 radical (unpaired) electrons. The molecule has 168 valence electrons. The van der Waals surface area contributed by atoms with Gasteiger partial charge in [-0.25, -0.2) is 0 Å². The van der Waals surface area contributed by atoms with Crippen LogP contribution in [-0.4, -0.2) is 35.3 Å². The van der Waals surface area contributed by atoms with Crippen molar-refractivity contribution in [3.8, 4) is 5.75 Å². The maximum absolute atomic E-state index is 13.3. The Morgan fingerprint density at radius 1 is 0.939 bits per heavy atom. The molecule has 0 bridgehead atoms. The van der Waals surface area contributed by atoms with Gasteiger partial charge >= 0.3 is 0 Å². The summed E-state index contributed by atoms with van der Waals surface area (Å²) in [6.07, 6.45) is 2.18. The molecule has 1 spiro atoms. The number of Topliss-reactive ketones (excluding diaryl/α,β-unsaturated/α-hetero) is 1. The second kappa shape index (κ2) is 8.86. The average Bonchev–Trinajstić information content (AvgIpc) is 2.84. The summed E-state index contributed by atoms with van der Waals surface area (Å²) in [6, 6.07) is 26.3. The lowest BCUT2D eigenvalue weighted by atomic mass is 9.81. The molecule has 4 heteroatoms. The van der Waals surface area contributed by atoms with Crippen LogP contribution in [0.15, 0.2) is 78.9 Å². The number of rotatable bonds is 4. The fraction of sp³-hybridized carbons (Fsp3) is 0.310. The van der Waals surface area contributed by atoms with E-state index in [0.717, 1.165) is 16.7 Å². The van der Waals surface area contributed by atoms with E-state index in [2.05, 4.69) is 24.3 Å². The molecule has 1 saturated heterocycles. The van der Waals surface area contributed by atoms with E-state index in [9.17, 15) is 9.59 Å². The fourth-order valence-corrected chi connectivity index (χ4v) is 5.15. The summed E-state index contributed by atoms with van der Waals surface area (Å²) in [6.45, 7) is 3.22. The SMILES string of the molecule is Cc1ccc2c(c1)C(=O)CC1(CCN(C(=O)CC(c3ccccc3)c3ccccc3)CC1)O2. The molecule has 0 saturated carbocycles. The van der Waals surface area contributed by atoms with Crippen molar-refractivity contribution in [3.63, 3.8) is 0 Å². The minimum Gasteiger partial charge on any atom is -0.486 e. The molecule has 2 aliphatic rings. The topological polar surface area (TPSA) is 46.6 Å². The second-order valence-electron chi connectivity index (χ2n) is 9.34. The highest BCUT2D eigenvalue weighted by Crippen LogP contribution is 2.40. The Hall–Kier alpha value is -3.40. The van der Waals surface area contributed by atoms with Crippen LogP contribution in [0.2, 0.25) is 0 Å². The summed E-state index contributed by atoms with van der Waals surface area (Å²) < 4.78 is 6.37. The van der Waals surface area contributed by atoms with Crippen molar-refractivity contribution >= 4 is 11.7 Å². The van der Waals surface area contributed by atoms with E-state index in [-0.39, 0.29) is 17.6 Å². The molecular weight excluding hydrogens is 410 g/mol. The summed E-state index contributed by atoms with van der Waals surface area (Å²) >= 11 is 0. The van der Waals surface area contributed by atoms with E-state index >= 15 is 0 Å². The zero-order valence-corrected chi connectivity index (χ0v) is 19.0. The smallest absolute Gasteiger partial charge is 0.223 e. The van der Waals surface area contributed by atoms with Crippen LogP contribution in [0.1, 0.15) is 58.6 Å². The lowest BCUT2D eigenvalue weighted by Gasteiger charge is -2.44. The van der Waals surface area contributed by atoms with Gasteiger partial charge in [0, 0.05) is 38.3 Å². The van der Waals surface area contributed by atoms with Crippen molar-refractivity contribution in [3.05, 3.63) is 101 Å². The number of hydrogen-bond donors (Lipinski definition) is 0. The number of likely N-dealkylation sites (tertiary alicyclic amines) is 1. The van der Waals surface area contributed by atoms with E-state index < -0.39 is 5.60 Å². The van der Waals surface area contributed by atoms with Crippen LogP contribution in [0.3, 0.4) is 0 Å². The Morgan fingerprint density at radius 3 is 2.15 bits per heavy atom. The lowest BCUT2D eigenvalue weighted by Crippen LogP contribution is -2.52. The normalized spacial score (nSPS) is 17.0. The van der Waals surface area contributed by atoms with E-state index in [0.29, 0.717) is 50.1 Å². The number of amides is 1. The molecular formula is C29H29NO3. The highest BCUT2D eigenvalue weighted by molar-refractivity contribution is 6.00. The van der Waals surface area contributed by atoms with Crippen LogP contribution in [-0.2, 0) is 4.79 Å². The number of carbonyl (C=O) groups is 2. The van der Waals surface area contributed by atoms with E-state index in [1.807, 2.05) is 66.4 Å². The summed E-state index contributed by atoms with van der Waals surface area (Å²) in [5.41, 5.74) is 3.56. The number of fused-ring (bicyclic) bond motifs is 1. The minimum absolute atomic E-state index is 0.0263. The molecule has 3 aromatic carbocycles. The molecule has 2 heterocycles. The third-order valence-corrected chi connectivity index (χ3v) is 7.05. The Balaban J connectivity index is 1.28. The first kappa shape index (κ1) is 21.4. The number of hydrogen-bond acceptors (Lipinski definition) is 3. The molecule has 33 heavy (non-hydrogen) atoms. The predicted molar refractivity (Wildman–Crippen MR) is 129 cm³/mol. The first-order chi connectivity index (χ1) is 16.0. The van der Waals surface area contributed by atoms with Gasteiger partial charge in [-0.1, -0.05) is 72.3 Å². The molecule has 0 N–H and O–H groups in total. The predicted octanol–water partition coefficient (Wildman–Crippen LogP) is 5.54. The number of piperidine rings is 1. The molecule has 3 aromatic rings. The fourth-order valence-electron chi connectivity index (χ4n) is 5.15. The van der Waals surface area contributed by atoms with Gasteiger partial charge in [-0.3, -0.25) is 9.59 Å². The van der Waals surface area contributed by atoms with Gasteiger partial charge in [-0.15, -0.1) is 0 Å². The average molecular weight is 440 g/mol. The van der Waals surface area contributed by atoms with Crippen LogP contribution < -0.4 is 4.74 Å². The van der Waals surface area contributed by atoms with Crippen molar-refractivity contribution in [1.82, 2.24) is 4.90 Å². The molecule has 4 nitrogen and oxygen atoms in total. The molecule has 5 rings (SSSR count). The van der Waals surface area contributed by atoms with Crippen LogP contribution in [0.4, 0.5) is 0 Å². The zero-order chi connectivity index (χ0) is 22.8. The molecule has 2 aliphatic heterocycles. The van der Waals surface area contributed by atoms with Gasteiger partial charge in [0.25, 0.3) is 0 Å². The van der Waals surface area contributed by atoms with E-state index in [1.54, 1.807) is 0 Å². The quantitative estimate of drug-likeness (QED) is 0.536. The summed E-state index contributed by atoms with van der Waals surface area (Å²) in [5, 5.41) is 0. The maximum Gasteiger partial charge on any atom is 0.223 e. The van der Waals surface area contributed by atoms with Crippen LogP contribution in [0, 0.1) is 6.92 Å². The van der Waals surface area contributed by atoms with Crippen LogP contribution >= 0.6 is 0 Å². The van der Waals surface area contributed by atoms with Crippen molar-refractivity contribution in [2.45, 2.75) is 44.1 Å². The number of benzene rings is 3. The van der Waals surface area contributed by atoms with Gasteiger partial charge < -0.3 is 9.64 Å². The first-order valence-electron chi connectivity index (χ1n) is 11.7. The molecule has 0 aliphatic carbocycles. The van der Waals surface area contributed by atoms with Crippen molar-refractivity contribution in [2.75, 3.05) is 13.1 Å². The number of ether oxygens (including phenoxy) is 1. The van der Waals surface area contributed by atoms with Crippen LogP contribution in [0.25, 0.3) is 0 Å². The Bertz CT molecular complexity index is 1110. The molecule has 0 aromatic heterocycles. The van der Waals surface area contributed by atoms with E-state index in [1.165, 1.54) is 0 Å². The highest BCUT2D eigenvalue weighted by Gasteiger charge is 2.43. The first-order valence-corrected chi connectivity index (χ1v) is 11.7. The maximum atomic E-state index is 13.3. The number of nitrogens with zero attached hydrogens (tertiary/aromatic N) is 1. The van der Waals surface area contributed by atoms with Gasteiger partial charge in [0.05, 0.1) is 12.0 Å². The van der Waals surface area contributed by atoms with E-state index in [4.69, 9.17) is 4.74 Å². The van der Waals surface area contributed by atoms with Crippen molar-refractivity contribution in [2.24, 2.45) is 0 Å². The van der Waals surface area contributed by atoms with Crippen molar-refractivity contribution in [1.29, 1.82) is 0 Å². The standard InChI is InChI=1S/C29H29NO3/c1-21-12-13-27-25(18-21)26(31)20-29(33-27)14-16-30(17-15-29)28(32)19-24(22-8-4-2-5-9-22)23-10-6-3-7-11-23/h2-13,18,24H,14-17,19-20H2,1H3. The summed E-state index contributed by atoms with van der Waals surface area (Å²) in [5.74, 6) is 1.01. The second-order valence-corrected chi connectivity index (χ2v) is 9.34. The Kier molecular flexibility index (Phi) is 5.76. The monoisotopic (exact) mass is 439 g/mol. The molecule has 1 fully saturated rings. The third kappa shape index (κ3) is 4.43. The van der Waals surface area contributed by atoms with Gasteiger partial charge in [0.2, 0.25) is 5.91 Å². The molecule has 0 atom stereocenters. The Labute approximate surface area is 195 Å². The largest absolute Gasteiger partial charge is 0.486 e. The van der Waals surface area contributed by atoms with Gasteiger partial charge in [-0.2, -0.15) is 0 Å². The highest BCUT2D eigenvalue weighted by atomic mass is 16.5. The summed E-state index contributed by atoms with van der Waals surface area (Å²) in [4.78, 5) is 28.1. The minimum atomic E-state index is -0.492. The van der Waals surface area contributed by atoms with Crippen LogP contribution in [0.5, 0.6) is 5.75 Å². The number of carbonyl (C=O) groups excluding carboxylic acids is 2. The summed E-state index contributed by atoms with van der Waals surface area (Å²) in [7, 11) is 0. The Morgan fingerprint density at radius 2 is 1.55 bits per heavy atom. The molecule has 0 unspecified atom stereocenters.